The number of thioether (sulfide) groups is 1. The first-order valence-electron chi connectivity index (χ1n) is 3.40. The monoisotopic (exact) mass is 162 g/mol. The van der Waals surface area contributed by atoms with Gasteiger partial charge in [0.05, 0.1) is 5.92 Å². The highest BCUT2D eigenvalue weighted by Gasteiger charge is 2.08. The molecule has 1 atom stereocenters. The first-order chi connectivity index (χ1) is 4.68. The van der Waals surface area contributed by atoms with Gasteiger partial charge in [0.25, 0.3) is 0 Å². The van der Waals surface area contributed by atoms with Crippen molar-refractivity contribution in [3.8, 4) is 0 Å². The van der Waals surface area contributed by atoms with Crippen LogP contribution in [0.2, 0.25) is 0 Å². The normalized spacial score (nSPS) is 13.0. The van der Waals surface area contributed by atoms with Crippen LogP contribution in [-0.4, -0.2) is 23.1 Å². The Hall–Kier alpha value is -0.180. The molecule has 3 heteroatoms. The average molecular weight is 162 g/mol. The van der Waals surface area contributed by atoms with Crippen molar-refractivity contribution >= 4 is 17.7 Å². The first kappa shape index (κ1) is 9.82. The molecule has 0 spiro atoms. The summed E-state index contributed by atoms with van der Waals surface area (Å²) in [4.78, 5) is 10.3. The fraction of sp³-hybridized carbons (Fsp3) is 0.857. The molecule has 60 valence electrons. The van der Waals surface area contributed by atoms with E-state index in [-0.39, 0.29) is 5.92 Å². The average Bonchev–Trinajstić information content (AvgIpc) is 1.88. The van der Waals surface area contributed by atoms with Crippen molar-refractivity contribution in [1.29, 1.82) is 0 Å². The molecule has 10 heavy (non-hydrogen) atoms. The summed E-state index contributed by atoms with van der Waals surface area (Å²) >= 11 is 1.76. The zero-order valence-corrected chi connectivity index (χ0v) is 7.28. The minimum absolute atomic E-state index is 0.174. The summed E-state index contributed by atoms with van der Waals surface area (Å²) in [6, 6.07) is 0. The largest absolute Gasteiger partial charge is 0.481 e. The number of carbonyl (C=O) groups is 1. The second kappa shape index (κ2) is 5.59. The van der Waals surface area contributed by atoms with E-state index in [0.717, 1.165) is 18.6 Å². The predicted octanol–water partition coefficient (Wildman–Crippen LogP) is 1.85. The number of carboxylic acid groups (broad SMARTS) is 1. The lowest BCUT2D eigenvalue weighted by molar-refractivity contribution is -0.141. The molecule has 0 aromatic rings. The van der Waals surface area contributed by atoms with Crippen LogP contribution < -0.4 is 0 Å². The summed E-state index contributed by atoms with van der Waals surface area (Å²) in [5.41, 5.74) is 0. The molecule has 1 unspecified atom stereocenters. The zero-order valence-electron chi connectivity index (χ0n) is 6.46. The molecule has 0 rings (SSSR count). The van der Waals surface area contributed by atoms with Crippen LogP contribution in [0.3, 0.4) is 0 Å². The summed E-state index contributed by atoms with van der Waals surface area (Å²) in [7, 11) is 0. The number of aliphatic carboxylic acids is 1. The molecule has 0 aliphatic carbocycles. The summed E-state index contributed by atoms with van der Waals surface area (Å²) < 4.78 is 0. The highest BCUT2D eigenvalue weighted by molar-refractivity contribution is 7.98. The van der Waals surface area contributed by atoms with Gasteiger partial charge in [-0.15, -0.1) is 0 Å². The maximum absolute atomic E-state index is 10.3. The molecule has 0 aromatic carbocycles. The summed E-state index contributed by atoms with van der Waals surface area (Å²) in [5, 5.41) is 8.47. The third kappa shape index (κ3) is 4.68. The molecule has 0 radical (unpaired) electrons. The highest BCUT2D eigenvalue weighted by atomic mass is 32.2. The van der Waals surface area contributed by atoms with Gasteiger partial charge in [-0.05, 0) is 24.9 Å². The van der Waals surface area contributed by atoms with E-state index in [1.54, 1.807) is 18.7 Å². The molecule has 0 aliphatic heterocycles. The summed E-state index contributed by atoms with van der Waals surface area (Å²) in [6.45, 7) is 1.75. The van der Waals surface area contributed by atoms with Crippen molar-refractivity contribution in [1.82, 2.24) is 0 Å². The van der Waals surface area contributed by atoms with Crippen LogP contribution >= 0.6 is 11.8 Å². The molecule has 0 heterocycles. The molecular weight excluding hydrogens is 148 g/mol. The maximum atomic E-state index is 10.3. The Kier molecular flexibility index (Phi) is 5.49. The number of rotatable bonds is 5. The Morgan fingerprint density at radius 2 is 2.30 bits per heavy atom. The van der Waals surface area contributed by atoms with Gasteiger partial charge in [-0.1, -0.05) is 6.92 Å². The maximum Gasteiger partial charge on any atom is 0.306 e. The molecule has 0 saturated heterocycles. The lowest BCUT2D eigenvalue weighted by atomic mass is 10.1. The van der Waals surface area contributed by atoms with Crippen molar-refractivity contribution in [2.45, 2.75) is 19.8 Å². The molecule has 0 fully saturated rings. The van der Waals surface area contributed by atoms with Crippen LogP contribution in [0.1, 0.15) is 19.8 Å². The van der Waals surface area contributed by atoms with Gasteiger partial charge in [0.2, 0.25) is 0 Å². The Morgan fingerprint density at radius 1 is 1.70 bits per heavy atom. The Labute approximate surface area is 66.0 Å². The van der Waals surface area contributed by atoms with Crippen LogP contribution in [-0.2, 0) is 4.79 Å². The second-order valence-electron chi connectivity index (χ2n) is 2.37. The quantitative estimate of drug-likeness (QED) is 0.627. The fourth-order valence-corrected chi connectivity index (χ4v) is 1.11. The van der Waals surface area contributed by atoms with E-state index in [2.05, 4.69) is 0 Å². The van der Waals surface area contributed by atoms with Crippen molar-refractivity contribution < 1.29 is 9.90 Å². The van der Waals surface area contributed by atoms with E-state index in [9.17, 15) is 4.79 Å². The van der Waals surface area contributed by atoms with Gasteiger partial charge in [0, 0.05) is 0 Å². The van der Waals surface area contributed by atoms with Gasteiger partial charge in [-0.25, -0.2) is 0 Å². The molecule has 0 aromatic heterocycles. The lowest BCUT2D eigenvalue weighted by Crippen LogP contribution is -2.09. The standard InChI is InChI=1S/C7H14O2S/c1-6(7(8)9)4-3-5-10-2/h6H,3-5H2,1-2H3,(H,8,9). The molecule has 0 bridgehead atoms. The number of hydrogen-bond donors (Lipinski definition) is 1. The number of hydrogen-bond acceptors (Lipinski definition) is 2. The summed E-state index contributed by atoms with van der Waals surface area (Å²) in [6.07, 6.45) is 3.84. The Morgan fingerprint density at radius 3 is 2.70 bits per heavy atom. The molecule has 1 N–H and O–H groups in total. The van der Waals surface area contributed by atoms with Crippen LogP contribution in [0.15, 0.2) is 0 Å². The number of carboxylic acids is 1. The molecular formula is C7H14O2S. The van der Waals surface area contributed by atoms with Gasteiger partial charge in [-0.3, -0.25) is 4.79 Å². The van der Waals surface area contributed by atoms with Crippen LogP contribution in [0.25, 0.3) is 0 Å². The first-order valence-corrected chi connectivity index (χ1v) is 4.79. The van der Waals surface area contributed by atoms with E-state index >= 15 is 0 Å². The van der Waals surface area contributed by atoms with Crippen LogP contribution in [0.5, 0.6) is 0 Å². The summed E-state index contributed by atoms with van der Waals surface area (Å²) in [5.74, 6) is 0.214. The highest BCUT2D eigenvalue weighted by Crippen LogP contribution is 2.08. The van der Waals surface area contributed by atoms with Crippen molar-refractivity contribution in [2.75, 3.05) is 12.0 Å². The smallest absolute Gasteiger partial charge is 0.306 e. The SMILES string of the molecule is CSCCCC(C)C(=O)O. The molecule has 0 aliphatic rings. The van der Waals surface area contributed by atoms with Gasteiger partial charge < -0.3 is 5.11 Å². The second-order valence-corrected chi connectivity index (χ2v) is 3.36. The van der Waals surface area contributed by atoms with E-state index in [1.807, 2.05) is 6.26 Å². The molecule has 0 saturated carbocycles. The van der Waals surface area contributed by atoms with Gasteiger partial charge in [-0.2, -0.15) is 11.8 Å². The molecule has 2 nitrogen and oxygen atoms in total. The van der Waals surface area contributed by atoms with Crippen LogP contribution in [0.4, 0.5) is 0 Å². The van der Waals surface area contributed by atoms with E-state index < -0.39 is 5.97 Å². The van der Waals surface area contributed by atoms with Crippen molar-refractivity contribution in [2.24, 2.45) is 5.92 Å². The topological polar surface area (TPSA) is 37.3 Å². The van der Waals surface area contributed by atoms with E-state index in [0.29, 0.717) is 0 Å². The predicted molar refractivity (Wildman–Crippen MR) is 44.4 cm³/mol. The van der Waals surface area contributed by atoms with Crippen LogP contribution in [0, 0.1) is 5.92 Å². The zero-order chi connectivity index (χ0) is 7.98. The van der Waals surface area contributed by atoms with Crippen molar-refractivity contribution in [3.63, 3.8) is 0 Å². The Balaban J connectivity index is 3.21. The molecule has 0 amide bonds. The third-order valence-electron chi connectivity index (χ3n) is 1.41. The Bertz CT molecular complexity index is 104. The van der Waals surface area contributed by atoms with Gasteiger partial charge in [0.1, 0.15) is 0 Å². The minimum Gasteiger partial charge on any atom is -0.481 e. The fourth-order valence-electron chi connectivity index (χ4n) is 0.657. The minimum atomic E-state index is -0.680. The van der Waals surface area contributed by atoms with Gasteiger partial charge >= 0.3 is 5.97 Å². The van der Waals surface area contributed by atoms with Gasteiger partial charge in [0.15, 0.2) is 0 Å². The van der Waals surface area contributed by atoms with E-state index in [1.165, 1.54) is 0 Å². The lowest BCUT2D eigenvalue weighted by Gasteiger charge is -2.03. The van der Waals surface area contributed by atoms with Crippen molar-refractivity contribution in [3.05, 3.63) is 0 Å². The third-order valence-corrected chi connectivity index (χ3v) is 2.10. The van der Waals surface area contributed by atoms with E-state index in [4.69, 9.17) is 5.11 Å².